The number of piperidine rings is 1. The average Bonchev–Trinajstić information content (AvgIpc) is 3.33. The Hall–Kier alpha value is -2.08. The number of amides is 2. The number of carbonyl (C=O) groups excluding carboxylic acids is 2. The molecule has 3 aliphatic rings. The quantitative estimate of drug-likeness (QED) is 0.700. The second kappa shape index (κ2) is 10.5. The fraction of sp³-hybridized carbons (Fsp3) is 0.680. The van der Waals surface area contributed by atoms with Gasteiger partial charge in [0.1, 0.15) is 5.75 Å². The van der Waals surface area contributed by atoms with Gasteiger partial charge in [-0.3, -0.25) is 14.5 Å². The molecule has 0 spiro atoms. The molecule has 2 saturated heterocycles. The molecule has 1 aromatic rings. The molecule has 0 aromatic heterocycles. The van der Waals surface area contributed by atoms with Gasteiger partial charge in [0, 0.05) is 39.3 Å². The van der Waals surface area contributed by atoms with Crippen LogP contribution in [0.15, 0.2) is 30.3 Å². The molecule has 0 N–H and O–H groups in total. The van der Waals surface area contributed by atoms with E-state index in [4.69, 9.17) is 4.74 Å². The molecule has 2 aliphatic heterocycles. The Bertz CT molecular complexity index is 719. The highest BCUT2D eigenvalue weighted by Gasteiger charge is 2.39. The molecule has 4 rings (SSSR count). The number of ether oxygens (including phenoxy) is 1. The number of hydrogen-bond acceptors (Lipinski definition) is 4. The lowest BCUT2D eigenvalue weighted by Crippen LogP contribution is -2.59. The summed E-state index contributed by atoms with van der Waals surface area (Å²) < 4.78 is 5.64. The number of benzene rings is 1. The molecule has 2 heterocycles. The molecule has 31 heavy (non-hydrogen) atoms. The third kappa shape index (κ3) is 5.59. The van der Waals surface area contributed by atoms with Crippen LogP contribution in [0.5, 0.6) is 5.75 Å². The summed E-state index contributed by atoms with van der Waals surface area (Å²) in [6, 6.07) is 9.47. The van der Waals surface area contributed by atoms with Crippen molar-refractivity contribution < 1.29 is 14.3 Å². The zero-order chi connectivity index (χ0) is 21.6. The molecule has 0 radical (unpaired) electrons. The summed E-state index contributed by atoms with van der Waals surface area (Å²) in [6.07, 6.45) is 7.02. The number of nitrogens with zero attached hydrogens (tertiary/aromatic N) is 3. The van der Waals surface area contributed by atoms with Crippen molar-refractivity contribution >= 4 is 11.8 Å². The second-order valence-corrected chi connectivity index (χ2v) is 9.52. The van der Waals surface area contributed by atoms with Crippen LogP contribution in [0, 0.1) is 11.8 Å². The van der Waals surface area contributed by atoms with Gasteiger partial charge in [0.2, 0.25) is 5.91 Å². The molecular formula is C25H37N3O3. The van der Waals surface area contributed by atoms with Crippen LogP contribution in [0.4, 0.5) is 0 Å². The van der Waals surface area contributed by atoms with Gasteiger partial charge in [-0.25, -0.2) is 0 Å². The molecule has 1 saturated carbocycles. The molecule has 6 heteroatoms. The lowest BCUT2D eigenvalue weighted by molar-refractivity contribution is -0.143. The van der Waals surface area contributed by atoms with Crippen molar-refractivity contribution in [2.75, 3.05) is 45.9 Å². The monoisotopic (exact) mass is 427 g/mol. The van der Waals surface area contributed by atoms with E-state index < -0.39 is 0 Å². The van der Waals surface area contributed by atoms with E-state index >= 15 is 0 Å². The predicted octanol–water partition coefficient (Wildman–Crippen LogP) is 3.03. The topological polar surface area (TPSA) is 53.1 Å². The highest BCUT2D eigenvalue weighted by atomic mass is 16.5. The van der Waals surface area contributed by atoms with Gasteiger partial charge in [-0.05, 0) is 49.7 Å². The molecule has 0 bridgehead atoms. The smallest absolute Gasteiger partial charge is 0.260 e. The zero-order valence-electron chi connectivity index (χ0n) is 18.9. The van der Waals surface area contributed by atoms with Crippen LogP contribution < -0.4 is 4.74 Å². The fourth-order valence-electron chi connectivity index (χ4n) is 5.35. The maximum Gasteiger partial charge on any atom is 0.260 e. The number of rotatable bonds is 6. The molecule has 6 nitrogen and oxygen atoms in total. The van der Waals surface area contributed by atoms with E-state index in [0.717, 1.165) is 63.5 Å². The molecule has 170 valence electrons. The Labute approximate surface area is 186 Å². The van der Waals surface area contributed by atoms with Crippen LogP contribution in [0.2, 0.25) is 0 Å². The standard InChI is InChI=1S/C25H37N3O3/c1-20-11-13-28(14-12-20)25(30)24(21-7-5-6-8-21)27-17-15-26(16-18-27)23(29)19-31-22-9-3-2-4-10-22/h2-4,9-10,20-21,24H,5-8,11-19H2,1H3/t24-/m0/s1. The van der Waals surface area contributed by atoms with Crippen molar-refractivity contribution in [3.8, 4) is 5.75 Å². The number of piperazine rings is 1. The molecule has 2 amide bonds. The van der Waals surface area contributed by atoms with E-state index in [1.54, 1.807) is 0 Å². The molecular weight excluding hydrogens is 390 g/mol. The van der Waals surface area contributed by atoms with Gasteiger partial charge in [-0.15, -0.1) is 0 Å². The van der Waals surface area contributed by atoms with Gasteiger partial charge in [0.25, 0.3) is 5.91 Å². The number of para-hydroxylation sites is 1. The third-order valence-corrected chi connectivity index (χ3v) is 7.36. The lowest BCUT2D eigenvalue weighted by atomic mass is 9.92. The first kappa shape index (κ1) is 22.1. The molecule has 0 unspecified atom stereocenters. The molecule has 1 aliphatic carbocycles. The van der Waals surface area contributed by atoms with Crippen LogP contribution in [0.1, 0.15) is 45.4 Å². The minimum absolute atomic E-state index is 0.00581. The van der Waals surface area contributed by atoms with E-state index in [1.165, 1.54) is 12.8 Å². The van der Waals surface area contributed by atoms with Crippen molar-refractivity contribution in [3.05, 3.63) is 30.3 Å². The summed E-state index contributed by atoms with van der Waals surface area (Å²) in [5.74, 6) is 2.28. The summed E-state index contributed by atoms with van der Waals surface area (Å²) in [7, 11) is 0. The van der Waals surface area contributed by atoms with Crippen molar-refractivity contribution in [3.63, 3.8) is 0 Å². The van der Waals surface area contributed by atoms with Crippen molar-refractivity contribution in [2.45, 2.75) is 51.5 Å². The fourth-order valence-corrected chi connectivity index (χ4v) is 5.35. The molecule has 1 aromatic carbocycles. The predicted molar refractivity (Wildman–Crippen MR) is 121 cm³/mol. The van der Waals surface area contributed by atoms with Crippen molar-refractivity contribution in [1.29, 1.82) is 0 Å². The minimum atomic E-state index is -0.00581. The second-order valence-electron chi connectivity index (χ2n) is 9.52. The Morgan fingerprint density at radius 2 is 1.55 bits per heavy atom. The summed E-state index contributed by atoms with van der Waals surface area (Å²) in [5, 5.41) is 0. The van der Waals surface area contributed by atoms with Gasteiger partial charge >= 0.3 is 0 Å². The maximum atomic E-state index is 13.5. The largest absolute Gasteiger partial charge is 0.484 e. The van der Waals surface area contributed by atoms with E-state index in [-0.39, 0.29) is 18.6 Å². The first-order chi connectivity index (χ1) is 15.1. The van der Waals surface area contributed by atoms with Crippen LogP contribution >= 0.6 is 0 Å². The number of likely N-dealkylation sites (tertiary alicyclic amines) is 1. The van der Waals surface area contributed by atoms with Crippen LogP contribution in [0.25, 0.3) is 0 Å². The Balaban J connectivity index is 1.32. The first-order valence-corrected chi connectivity index (χ1v) is 12.1. The van der Waals surface area contributed by atoms with Gasteiger partial charge in [0.15, 0.2) is 6.61 Å². The summed E-state index contributed by atoms with van der Waals surface area (Å²) >= 11 is 0. The van der Waals surface area contributed by atoms with Gasteiger partial charge in [-0.2, -0.15) is 0 Å². The van der Waals surface area contributed by atoms with Gasteiger partial charge < -0.3 is 14.5 Å². The maximum absolute atomic E-state index is 13.5. The third-order valence-electron chi connectivity index (χ3n) is 7.36. The number of carbonyl (C=O) groups is 2. The van der Waals surface area contributed by atoms with E-state index in [1.807, 2.05) is 35.2 Å². The van der Waals surface area contributed by atoms with Gasteiger partial charge in [0.05, 0.1) is 6.04 Å². The van der Waals surface area contributed by atoms with Gasteiger partial charge in [-0.1, -0.05) is 38.0 Å². The number of hydrogen-bond donors (Lipinski definition) is 0. The highest BCUT2D eigenvalue weighted by molar-refractivity contribution is 5.82. The lowest BCUT2D eigenvalue weighted by Gasteiger charge is -2.43. The molecule has 3 fully saturated rings. The van der Waals surface area contributed by atoms with E-state index in [2.05, 4.69) is 16.7 Å². The Kier molecular flexibility index (Phi) is 7.49. The SMILES string of the molecule is CC1CCN(C(=O)[C@H](C2CCCC2)N2CCN(C(=O)COc3ccccc3)CC2)CC1. The minimum Gasteiger partial charge on any atom is -0.484 e. The highest BCUT2D eigenvalue weighted by Crippen LogP contribution is 2.32. The van der Waals surface area contributed by atoms with Crippen molar-refractivity contribution in [2.24, 2.45) is 11.8 Å². The molecule has 1 atom stereocenters. The van der Waals surface area contributed by atoms with Crippen LogP contribution in [0.3, 0.4) is 0 Å². The Morgan fingerprint density at radius 3 is 2.19 bits per heavy atom. The van der Waals surface area contributed by atoms with Crippen LogP contribution in [-0.2, 0) is 9.59 Å². The summed E-state index contributed by atoms with van der Waals surface area (Å²) in [5.41, 5.74) is 0. The first-order valence-electron chi connectivity index (χ1n) is 12.1. The zero-order valence-corrected chi connectivity index (χ0v) is 18.9. The van der Waals surface area contributed by atoms with Crippen molar-refractivity contribution in [1.82, 2.24) is 14.7 Å². The van der Waals surface area contributed by atoms with E-state index in [9.17, 15) is 9.59 Å². The Morgan fingerprint density at radius 1 is 0.903 bits per heavy atom. The van der Waals surface area contributed by atoms with E-state index in [0.29, 0.717) is 24.9 Å². The average molecular weight is 428 g/mol. The summed E-state index contributed by atoms with van der Waals surface area (Å²) in [6.45, 7) is 7.05. The normalized spacial score (nSPS) is 22.5. The van der Waals surface area contributed by atoms with Crippen LogP contribution in [-0.4, -0.2) is 78.4 Å². The summed E-state index contributed by atoms with van der Waals surface area (Å²) in [4.78, 5) is 32.6.